The van der Waals surface area contributed by atoms with E-state index < -0.39 is 24.1 Å². The lowest BCUT2D eigenvalue weighted by molar-refractivity contribution is -0.125. The standard InChI is InChI=1S/C24H23N3O4/c28-20-16-22(26(17-20)24(30)31-21-14-8-3-9-15-21)23(29)25-27(18-10-4-1-5-11-18)19-12-6-2-7-13-19/h1-15,20,22,28H,16-17H2,(H,25,29)/t20-,22-/m0/s1. The summed E-state index contributed by atoms with van der Waals surface area (Å²) in [4.78, 5) is 27.2. The van der Waals surface area contributed by atoms with E-state index >= 15 is 0 Å². The minimum absolute atomic E-state index is 0.0282. The van der Waals surface area contributed by atoms with E-state index in [1.807, 2.05) is 66.7 Å². The summed E-state index contributed by atoms with van der Waals surface area (Å²) in [5.74, 6) is -0.0301. The Morgan fingerprint density at radius 1 is 0.871 bits per heavy atom. The van der Waals surface area contributed by atoms with Crippen molar-refractivity contribution in [1.29, 1.82) is 0 Å². The molecule has 1 aliphatic rings. The van der Waals surface area contributed by atoms with Gasteiger partial charge in [-0.15, -0.1) is 0 Å². The van der Waals surface area contributed by atoms with Crippen molar-refractivity contribution in [2.24, 2.45) is 0 Å². The van der Waals surface area contributed by atoms with Gasteiger partial charge in [0.1, 0.15) is 11.8 Å². The van der Waals surface area contributed by atoms with Gasteiger partial charge in [-0.1, -0.05) is 54.6 Å². The van der Waals surface area contributed by atoms with Crippen LogP contribution in [-0.2, 0) is 4.79 Å². The number of nitrogens with one attached hydrogen (secondary N) is 1. The van der Waals surface area contributed by atoms with Gasteiger partial charge in [-0.25, -0.2) is 4.79 Å². The number of carbonyl (C=O) groups is 2. The number of hydrogen-bond donors (Lipinski definition) is 2. The first-order chi connectivity index (χ1) is 15.1. The van der Waals surface area contributed by atoms with Gasteiger partial charge in [0, 0.05) is 6.42 Å². The molecule has 1 heterocycles. The molecule has 0 spiro atoms. The molecule has 0 aliphatic carbocycles. The minimum Gasteiger partial charge on any atom is -0.410 e. The number of hydrogen-bond acceptors (Lipinski definition) is 5. The first-order valence-electron chi connectivity index (χ1n) is 10.0. The molecule has 7 nitrogen and oxygen atoms in total. The van der Waals surface area contributed by atoms with Crippen LogP contribution in [-0.4, -0.2) is 40.7 Å². The third kappa shape index (κ3) is 4.84. The Balaban J connectivity index is 1.54. The molecule has 0 unspecified atom stereocenters. The lowest BCUT2D eigenvalue weighted by Gasteiger charge is -2.29. The van der Waals surface area contributed by atoms with Crippen LogP contribution >= 0.6 is 0 Å². The summed E-state index contributed by atoms with van der Waals surface area (Å²) in [5.41, 5.74) is 4.42. The Kier molecular flexibility index (Phi) is 6.14. The number of rotatable bonds is 5. The van der Waals surface area contributed by atoms with Crippen molar-refractivity contribution in [2.75, 3.05) is 11.6 Å². The van der Waals surface area contributed by atoms with Crippen LogP contribution in [0.15, 0.2) is 91.0 Å². The highest BCUT2D eigenvalue weighted by Crippen LogP contribution is 2.25. The zero-order valence-electron chi connectivity index (χ0n) is 16.8. The summed E-state index contributed by atoms with van der Waals surface area (Å²) in [7, 11) is 0. The number of hydrazine groups is 1. The maximum Gasteiger partial charge on any atom is 0.416 e. The molecule has 0 radical (unpaired) electrons. The van der Waals surface area contributed by atoms with E-state index in [9.17, 15) is 14.7 Å². The largest absolute Gasteiger partial charge is 0.416 e. The summed E-state index contributed by atoms with van der Waals surface area (Å²) in [6.45, 7) is 0.0282. The van der Waals surface area contributed by atoms with Crippen molar-refractivity contribution in [1.82, 2.24) is 10.3 Å². The van der Waals surface area contributed by atoms with Crippen LogP contribution in [0.4, 0.5) is 16.2 Å². The molecule has 7 heteroatoms. The van der Waals surface area contributed by atoms with E-state index in [0.717, 1.165) is 11.4 Å². The SMILES string of the molecule is O=C(NN(c1ccccc1)c1ccccc1)[C@@H]1C[C@H](O)CN1C(=O)Oc1ccccc1. The fourth-order valence-electron chi connectivity index (χ4n) is 3.53. The second-order valence-corrected chi connectivity index (χ2v) is 7.22. The van der Waals surface area contributed by atoms with Crippen LogP contribution in [0, 0.1) is 0 Å². The van der Waals surface area contributed by atoms with Gasteiger partial charge in [0.2, 0.25) is 0 Å². The molecule has 1 saturated heterocycles. The van der Waals surface area contributed by atoms with E-state index in [-0.39, 0.29) is 13.0 Å². The van der Waals surface area contributed by atoms with E-state index in [2.05, 4.69) is 5.43 Å². The Morgan fingerprint density at radius 2 is 1.39 bits per heavy atom. The molecule has 2 atom stereocenters. The highest BCUT2D eigenvalue weighted by Gasteiger charge is 2.40. The lowest BCUT2D eigenvalue weighted by Crippen LogP contribution is -2.51. The van der Waals surface area contributed by atoms with Gasteiger partial charge >= 0.3 is 6.09 Å². The number of para-hydroxylation sites is 3. The van der Waals surface area contributed by atoms with Gasteiger partial charge in [-0.3, -0.25) is 20.1 Å². The Morgan fingerprint density at radius 3 is 1.94 bits per heavy atom. The molecular formula is C24H23N3O4. The Bertz CT molecular complexity index is 975. The highest BCUT2D eigenvalue weighted by molar-refractivity contribution is 5.89. The molecule has 0 bridgehead atoms. The topological polar surface area (TPSA) is 82.1 Å². The number of aliphatic hydroxyl groups is 1. The summed E-state index contributed by atoms with van der Waals surface area (Å²) in [5, 5.41) is 11.8. The molecule has 3 aromatic rings. The first kappa shape index (κ1) is 20.4. The normalized spacial score (nSPS) is 17.8. The van der Waals surface area contributed by atoms with E-state index in [1.165, 1.54) is 4.90 Å². The lowest BCUT2D eigenvalue weighted by atomic mass is 10.2. The van der Waals surface area contributed by atoms with Crippen molar-refractivity contribution < 1.29 is 19.4 Å². The molecule has 1 aliphatic heterocycles. The molecule has 0 aromatic heterocycles. The highest BCUT2D eigenvalue weighted by atomic mass is 16.6. The molecule has 2 amide bonds. The molecule has 4 rings (SSSR count). The summed E-state index contributed by atoms with van der Waals surface area (Å²) < 4.78 is 5.38. The third-order valence-electron chi connectivity index (χ3n) is 5.02. The van der Waals surface area contributed by atoms with Crippen molar-refractivity contribution in [3.63, 3.8) is 0 Å². The van der Waals surface area contributed by atoms with Crippen molar-refractivity contribution in [2.45, 2.75) is 18.6 Å². The van der Waals surface area contributed by atoms with Gasteiger partial charge in [0.25, 0.3) is 5.91 Å². The molecule has 0 saturated carbocycles. The number of anilines is 2. The van der Waals surface area contributed by atoms with E-state index in [4.69, 9.17) is 4.74 Å². The second-order valence-electron chi connectivity index (χ2n) is 7.22. The van der Waals surface area contributed by atoms with Crippen LogP contribution in [0.2, 0.25) is 0 Å². The fourth-order valence-corrected chi connectivity index (χ4v) is 3.53. The fraction of sp³-hybridized carbons (Fsp3) is 0.167. The monoisotopic (exact) mass is 417 g/mol. The van der Waals surface area contributed by atoms with Crippen LogP contribution in [0.3, 0.4) is 0 Å². The summed E-state index contributed by atoms with van der Waals surface area (Å²) >= 11 is 0. The van der Waals surface area contributed by atoms with Gasteiger partial charge in [0.05, 0.1) is 24.0 Å². The van der Waals surface area contributed by atoms with Crippen LogP contribution in [0.25, 0.3) is 0 Å². The minimum atomic E-state index is -0.860. The van der Waals surface area contributed by atoms with Gasteiger partial charge in [0.15, 0.2) is 0 Å². The van der Waals surface area contributed by atoms with Crippen molar-refractivity contribution in [3.8, 4) is 5.75 Å². The van der Waals surface area contributed by atoms with Crippen molar-refractivity contribution in [3.05, 3.63) is 91.0 Å². The zero-order chi connectivity index (χ0) is 21.6. The Hall–Kier alpha value is -3.84. The average Bonchev–Trinajstić information content (AvgIpc) is 3.21. The number of aliphatic hydroxyl groups excluding tert-OH is 1. The van der Waals surface area contributed by atoms with Gasteiger partial charge in [-0.05, 0) is 36.4 Å². The predicted octanol–water partition coefficient (Wildman–Crippen LogP) is 3.49. The zero-order valence-corrected chi connectivity index (χ0v) is 16.8. The maximum absolute atomic E-state index is 13.2. The van der Waals surface area contributed by atoms with Crippen molar-refractivity contribution >= 4 is 23.4 Å². The smallest absolute Gasteiger partial charge is 0.410 e. The molecule has 31 heavy (non-hydrogen) atoms. The molecule has 3 aromatic carbocycles. The summed E-state index contributed by atoms with van der Waals surface area (Å²) in [6.07, 6.45) is -1.34. The molecule has 1 fully saturated rings. The van der Waals surface area contributed by atoms with E-state index in [0.29, 0.717) is 5.75 Å². The number of likely N-dealkylation sites (tertiary alicyclic amines) is 1. The summed E-state index contributed by atoms with van der Waals surface area (Å²) in [6, 6.07) is 26.6. The molecule has 158 valence electrons. The maximum atomic E-state index is 13.2. The quantitative estimate of drug-likeness (QED) is 0.621. The van der Waals surface area contributed by atoms with Crippen LogP contribution in [0.5, 0.6) is 5.75 Å². The van der Waals surface area contributed by atoms with E-state index in [1.54, 1.807) is 29.3 Å². The number of benzene rings is 3. The molecular weight excluding hydrogens is 394 g/mol. The number of ether oxygens (including phenoxy) is 1. The van der Waals surface area contributed by atoms with Gasteiger partial charge in [-0.2, -0.15) is 0 Å². The number of carbonyl (C=O) groups excluding carboxylic acids is 2. The first-order valence-corrected chi connectivity index (χ1v) is 10.0. The van der Waals surface area contributed by atoms with Crippen LogP contribution in [0.1, 0.15) is 6.42 Å². The van der Waals surface area contributed by atoms with Gasteiger partial charge < -0.3 is 9.84 Å². The predicted molar refractivity (Wildman–Crippen MR) is 117 cm³/mol. The second kappa shape index (κ2) is 9.32. The van der Waals surface area contributed by atoms with Crippen LogP contribution < -0.4 is 15.2 Å². The number of nitrogens with zero attached hydrogens (tertiary/aromatic N) is 2. The third-order valence-corrected chi connectivity index (χ3v) is 5.02. The average molecular weight is 417 g/mol. The Labute approximate surface area is 180 Å². The number of β-amino-alcohol motifs (C(OH)–C–C–N with tert-alkyl or cyclic N) is 1. The number of amides is 2. The molecule has 2 N–H and O–H groups in total.